The number of rotatable bonds is 8. The van der Waals surface area contributed by atoms with Gasteiger partial charge in [0.2, 0.25) is 0 Å². The summed E-state index contributed by atoms with van der Waals surface area (Å²) >= 11 is 0. The molecule has 2 aliphatic rings. The average molecular weight is 559 g/mol. The lowest BCUT2D eigenvalue weighted by molar-refractivity contribution is -0.145. The number of amides is 1. The number of hydrogen-bond acceptors (Lipinski definition) is 3. The summed E-state index contributed by atoms with van der Waals surface area (Å²) in [7, 11) is 0. The zero-order valence-electron chi connectivity index (χ0n) is 25.5. The van der Waals surface area contributed by atoms with Crippen molar-refractivity contribution in [2.75, 3.05) is 0 Å². The van der Waals surface area contributed by atoms with Crippen molar-refractivity contribution >= 4 is 11.9 Å². The molecule has 0 spiro atoms. The first-order valence-electron chi connectivity index (χ1n) is 15.4. The second-order valence-corrected chi connectivity index (χ2v) is 13.7. The molecule has 2 saturated carbocycles. The summed E-state index contributed by atoms with van der Waals surface area (Å²) in [6, 6.07) is 8.70. The summed E-state index contributed by atoms with van der Waals surface area (Å²) in [4.78, 5) is 24.7. The van der Waals surface area contributed by atoms with Gasteiger partial charge in [0.05, 0.1) is 17.7 Å². The number of aliphatic carboxylic acids is 1. The number of hydrogen-bond donors (Lipinski definition) is 3. The number of carboxylic acids is 1. The highest BCUT2D eigenvalue weighted by molar-refractivity contribution is 5.97. The topological polar surface area (TPSA) is 100 Å². The van der Waals surface area contributed by atoms with Crippen LogP contribution in [0.1, 0.15) is 113 Å². The van der Waals surface area contributed by atoms with Crippen molar-refractivity contribution in [3.63, 3.8) is 0 Å². The molecule has 7 heteroatoms. The number of benzene rings is 1. The van der Waals surface area contributed by atoms with Crippen LogP contribution in [0.4, 0.5) is 0 Å². The van der Waals surface area contributed by atoms with Crippen LogP contribution >= 0.6 is 0 Å². The maximum Gasteiger partial charge on any atom is 0.306 e. The van der Waals surface area contributed by atoms with Crippen molar-refractivity contribution in [1.82, 2.24) is 20.1 Å². The van der Waals surface area contributed by atoms with E-state index in [1.54, 1.807) is 0 Å². The number of carbonyl (C=O) groups is 2. The molecule has 0 saturated heterocycles. The standard InChI is InChI=1S/C34H46N4O3/c1-20(2)31-28(18-35-37-31)26-13-12-23(16-29(26)34(4,5)6)30-17-27(32(39)36-25-14-24(15-25)33(40)41)21(3)38(30)19-22-10-8-7-9-11-22/h12-13,16-18,20,22,24-25H,7-11,14-15,19H2,1-6H3,(H,35,37)(H,36,39)(H,40,41)/t24-,25-. The molecule has 41 heavy (non-hydrogen) atoms. The summed E-state index contributed by atoms with van der Waals surface area (Å²) < 4.78 is 2.37. The smallest absolute Gasteiger partial charge is 0.306 e. The number of aromatic nitrogens is 3. The van der Waals surface area contributed by atoms with Gasteiger partial charge in [-0.25, -0.2) is 0 Å². The highest BCUT2D eigenvalue weighted by Crippen LogP contribution is 2.40. The fourth-order valence-electron chi connectivity index (χ4n) is 6.69. The lowest BCUT2D eigenvalue weighted by atomic mass is 9.80. The van der Waals surface area contributed by atoms with E-state index in [0.29, 0.717) is 30.2 Å². The minimum atomic E-state index is -0.776. The van der Waals surface area contributed by atoms with E-state index in [2.05, 4.69) is 85.9 Å². The van der Waals surface area contributed by atoms with E-state index in [4.69, 9.17) is 0 Å². The highest BCUT2D eigenvalue weighted by Gasteiger charge is 2.36. The zero-order chi connectivity index (χ0) is 29.5. The van der Waals surface area contributed by atoms with E-state index in [1.165, 1.54) is 43.2 Å². The van der Waals surface area contributed by atoms with Gasteiger partial charge in [-0.3, -0.25) is 14.7 Å². The SMILES string of the molecule is Cc1c(C(=O)N[C@H]2C[C@H](C(=O)O)C2)cc(-c2ccc(-c3cn[nH]c3C(C)C)c(C(C)(C)C)c2)n1CC1CCCCC1. The largest absolute Gasteiger partial charge is 0.481 e. The normalized spacial score (nSPS) is 19.8. The Morgan fingerprint density at radius 1 is 1.10 bits per heavy atom. The summed E-state index contributed by atoms with van der Waals surface area (Å²) in [6.45, 7) is 14.1. The number of carbonyl (C=O) groups excluding carboxylic acids is 1. The molecule has 2 aliphatic carbocycles. The van der Waals surface area contributed by atoms with Crippen LogP contribution in [0, 0.1) is 18.8 Å². The molecule has 2 heterocycles. The first-order valence-corrected chi connectivity index (χ1v) is 15.4. The molecule has 0 unspecified atom stereocenters. The van der Waals surface area contributed by atoms with Crippen LogP contribution in [-0.2, 0) is 16.8 Å². The van der Waals surface area contributed by atoms with Crippen LogP contribution in [0.15, 0.2) is 30.5 Å². The van der Waals surface area contributed by atoms with Crippen molar-refractivity contribution < 1.29 is 14.7 Å². The third-order valence-electron chi connectivity index (χ3n) is 9.26. The van der Waals surface area contributed by atoms with Gasteiger partial charge in [-0.05, 0) is 78.7 Å². The Balaban J connectivity index is 1.55. The zero-order valence-corrected chi connectivity index (χ0v) is 25.5. The van der Waals surface area contributed by atoms with Crippen molar-refractivity contribution in [1.29, 1.82) is 0 Å². The third-order valence-corrected chi connectivity index (χ3v) is 9.26. The molecule has 5 rings (SSSR count). The monoisotopic (exact) mass is 558 g/mol. The number of aromatic amines is 1. The van der Waals surface area contributed by atoms with Gasteiger partial charge in [0.15, 0.2) is 0 Å². The lowest BCUT2D eigenvalue weighted by Gasteiger charge is -2.32. The number of nitrogens with one attached hydrogen (secondary N) is 2. The first kappa shape index (κ1) is 29.2. The van der Waals surface area contributed by atoms with Gasteiger partial charge < -0.3 is 15.0 Å². The van der Waals surface area contributed by atoms with Gasteiger partial charge in [-0.2, -0.15) is 5.10 Å². The maximum absolute atomic E-state index is 13.5. The van der Waals surface area contributed by atoms with Crippen molar-refractivity contribution in [3.05, 3.63) is 53.0 Å². The Morgan fingerprint density at radius 2 is 1.80 bits per heavy atom. The predicted molar refractivity (Wildman–Crippen MR) is 163 cm³/mol. The Hall–Kier alpha value is -3.35. The minimum Gasteiger partial charge on any atom is -0.481 e. The van der Waals surface area contributed by atoms with Crippen LogP contribution in [0.3, 0.4) is 0 Å². The molecule has 3 N–H and O–H groups in total. The molecule has 3 aromatic rings. The molecular formula is C34H46N4O3. The van der Waals surface area contributed by atoms with Gasteiger partial charge in [0, 0.05) is 35.2 Å². The number of carboxylic acid groups (broad SMARTS) is 1. The van der Waals surface area contributed by atoms with Gasteiger partial charge in [-0.15, -0.1) is 0 Å². The second kappa shape index (κ2) is 11.5. The first-order chi connectivity index (χ1) is 19.4. The molecule has 2 fully saturated rings. The summed E-state index contributed by atoms with van der Waals surface area (Å²) in [5.41, 5.74) is 8.48. The van der Waals surface area contributed by atoms with E-state index in [1.807, 2.05) is 6.20 Å². The highest BCUT2D eigenvalue weighted by atomic mass is 16.4. The van der Waals surface area contributed by atoms with Gasteiger partial charge in [0.1, 0.15) is 0 Å². The van der Waals surface area contributed by atoms with Crippen LogP contribution in [-0.4, -0.2) is 37.8 Å². The molecule has 0 bridgehead atoms. The van der Waals surface area contributed by atoms with Crippen LogP contribution in [0.25, 0.3) is 22.4 Å². The molecule has 0 radical (unpaired) electrons. The van der Waals surface area contributed by atoms with Crippen LogP contribution in [0.2, 0.25) is 0 Å². The van der Waals surface area contributed by atoms with Gasteiger partial charge in [-0.1, -0.05) is 66.0 Å². The average Bonchev–Trinajstić information content (AvgIpc) is 3.51. The molecule has 0 atom stereocenters. The molecule has 7 nitrogen and oxygen atoms in total. The molecule has 2 aromatic heterocycles. The molecule has 1 aromatic carbocycles. The van der Waals surface area contributed by atoms with E-state index in [-0.39, 0.29) is 23.3 Å². The van der Waals surface area contributed by atoms with Gasteiger partial charge in [0.25, 0.3) is 5.91 Å². The molecule has 0 aliphatic heterocycles. The Bertz CT molecular complexity index is 1410. The Labute approximate surface area is 244 Å². The Kier molecular flexibility index (Phi) is 8.18. The van der Waals surface area contributed by atoms with Crippen molar-refractivity contribution in [2.24, 2.45) is 11.8 Å². The fourth-order valence-corrected chi connectivity index (χ4v) is 6.69. The lowest BCUT2D eigenvalue weighted by Crippen LogP contribution is -2.46. The minimum absolute atomic E-state index is 0.0787. The Morgan fingerprint density at radius 3 is 2.44 bits per heavy atom. The summed E-state index contributed by atoms with van der Waals surface area (Å²) in [5.74, 6) is -0.297. The van der Waals surface area contributed by atoms with E-state index >= 15 is 0 Å². The number of H-pyrrole nitrogens is 1. The van der Waals surface area contributed by atoms with E-state index in [0.717, 1.165) is 34.8 Å². The molecular weight excluding hydrogens is 512 g/mol. The second-order valence-electron chi connectivity index (χ2n) is 13.7. The summed E-state index contributed by atoms with van der Waals surface area (Å²) in [6.07, 6.45) is 9.23. The fraction of sp³-hybridized carbons (Fsp3) is 0.559. The van der Waals surface area contributed by atoms with E-state index < -0.39 is 5.97 Å². The molecule has 1 amide bonds. The van der Waals surface area contributed by atoms with Crippen LogP contribution < -0.4 is 5.32 Å². The maximum atomic E-state index is 13.5. The van der Waals surface area contributed by atoms with Crippen LogP contribution in [0.5, 0.6) is 0 Å². The third kappa shape index (κ3) is 6.00. The van der Waals surface area contributed by atoms with E-state index in [9.17, 15) is 14.7 Å². The number of nitrogens with zero attached hydrogens (tertiary/aromatic N) is 2. The van der Waals surface area contributed by atoms with Gasteiger partial charge >= 0.3 is 5.97 Å². The quantitative estimate of drug-likeness (QED) is 0.267. The van der Waals surface area contributed by atoms with Crippen molar-refractivity contribution in [3.8, 4) is 22.4 Å². The molecule has 220 valence electrons. The predicted octanol–water partition coefficient (Wildman–Crippen LogP) is 7.45. The summed E-state index contributed by atoms with van der Waals surface area (Å²) in [5, 5.41) is 19.9. The van der Waals surface area contributed by atoms with Crippen molar-refractivity contribution in [2.45, 2.75) is 110 Å².